The number of nitrogen functional groups attached to an aromatic ring is 1. The average molecular weight is 335 g/mol. The van der Waals surface area contributed by atoms with Gasteiger partial charge in [-0.15, -0.1) is 0 Å². The fourth-order valence-corrected chi connectivity index (χ4v) is 4.41. The van der Waals surface area contributed by atoms with E-state index in [0.29, 0.717) is 0 Å². The maximum atomic E-state index is 13.3. The lowest BCUT2D eigenvalue weighted by Crippen LogP contribution is -2.39. The predicted molar refractivity (Wildman–Crippen MR) is 82.2 cm³/mol. The van der Waals surface area contributed by atoms with Gasteiger partial charge in [0.1, 0.15) is 10.7 Å². The Hall–Kier alpha value is -0.850. The number of nitrogens with two attached hydrogens (primary N) is 1. The van der Waals surface area contributed by atoms with E-state index in [9.17, 15) is 12.8 Å². The molecule has 1 aromatic rings. The zero-order valence-electron chi connectivity index (χ0n) is 12.1. The van der Waals surface area contributed by atoms with Crippen LogP contribution in [0.15, 0.2) is 17.0 Å². The van der Waals surface area contributed by atoms with Crippen molar-refractivity contribution in [3.8, 4) is 0 Å². The number of rotatable bonds is 3. The van der Waals surface area contributed by atoms with E-state index < -0.39 is 15.8 Å². The summed E-state index contributed by atoms with van der Waals surface area (Å²) >= 11 is 5.83. The number of benzene rings is 1. The largest absolute Gasteiger partial charge is 0.396 e. The first kappa shape index (κ1) is 16.5. The molecule has 0 bridgehead atoms. The predicted octanol–water partition coefficient (Wildman–Crippen LogP) is 3.31. The summed E-state index contributed by atoms with van der Waals surface area (Å²) in [6, 6.07) is 1.87. The molecule has 7 heteroatoms. The Morgan fingerprint density at radius 1 is 1.33 bits per heavy atom. The normalized spacial score (nSPS) is 19.6. The number of sulfonamides is 1. The average Bonchev–Trinajstić information content (AvgIpc) is 2.36. The van der Waals surface area contributed by atoms with E-state index in [1.54, 1.807) is 0 Å². The highest BCUT2D eigenvalue weighted by atomic mass is 35.5. The van der Waals surface area contributed by atoms with Crippen LogP contribution < -0.4 is 10.5 Å². The van der Waals surface area contributed by atoms with Crippen LogP contribution in [-0.4, -0.2) is 14.5 Å². The molecule has 118 valence electrons. The Morgan fingerprint density at radius 3 is 2.48 bits per heavy atom. The van der Waals surface area contributed by atoms with Crippen molar-refractivity contribution < 1.29 is 12.8 Å². The first-order valence-electron chi connectivity index (χ1n) is 6.88. The molecule has 3 N–H and O–H groups in total. The van der Waals surface area contributed by atoms with Crippen molar-refractivity contribution in [2.45, 2.75) is 50.5 Å². The maximum absolute atomic E-state index is 13.3. The molecule has 0 amide bonds. The van der Waals surface area contributed by atoms with Gasteiger partial charge in [0.25, 0.3) is 0 Å². The third kappa shape index (κ3) is 3.87. The van der Waals surface area contributed by atoms with Gasteiger partial charge in [-0.1, -0.05) is 25.4 Å². The molecule has 21 heavy (non-hydrogen) atoms. The topological polar surface area (TPSA) is 72.2 Å². The van der Waals surface area contributed by atoms with Crippen LogP contribution in [-0.2, 0) is 10.0 Å². The molecular formula is C14H20ClFN2O2S. The van der Waals surface area contributed by atoms with E-state index >= 15 is 0 Å². The van der Waals surface area contributed by atoms with Crippen LogP contribution in [0.2, 0.25) is 5.02 Å². The van der Waals surface area contributed by atoms with Gasteiger partial charge in [-0.3, -0.25) is 0 Å². The van der Waals surface area contributed by atoms with E-state index in [1.165, 1.54) is 0 Å². The summed E-state index contributed by atoms with van der Waals surface area (Å²) in [5.41, 5.74) is 5.45. The second-order valence-corrected chi connectivity index (χ2v) is 8.45. The zero-order valence-corrected chi connectivity index (χ0v) is 13.7. The SMILES string of the molecule is CC1(C)CCC(NS(=O)(=O)c2cc(N)c(F)cc2Cl)CC1. The molecular weight excluding hydrogens is 315 g/mol. The number of halogens is 2. The van der Waals surface area contributed by atoms with Gasteiger partial charge in [-0.25, -0.2) is 17.5 Å². The van der Waals surface area contributed by atoms with Crippen molar-refractivity contribution in [3.63, 3.8) is 0 Å². The quantitative estimate of drug-likeness (QED) is 0.833. The number of anilines is 1. The molecule has 4 nitrogen and oxygen atoms in total. The summed E-state index contributed by atoms with van der Waals surface area (Å²) in [7, 11) is -3.80. The van der Waals surface area contributed by atoms with Crippen molar-refractivity contribution in [3.05, 3.63) is 23.0 Å². The Labute approximate surface area is 129 Å². The van der Waals surface area contributed by atoms with Gasteiger partial charge in [0.15, 0.2) is 0 Å². The first-order valence-corrected chi connectivity index (χ1v) is 8.74. The van der Waals surface area contributed by atoms with Crippen molar-refractivity contribution in [1.29, 1.82) is 0 Å². The van der Waals surface area contributed by atoms with E-state index in [0.717, 1.165) is 37.8 Å². The molecule has 0 radical (unpaired) electrons. The molecule has 1 saturated carbocycles. The highest BCUT2D eigenvalue weighted by Crippen LogP contribution is 2.36. The molecule has 0 aliphatic heterocycles. The summed E-state index contributed by atoms with van der Waals surface area (Å²) in [5.74, 6) is -0.724. The summed E-state index contributed by atoms with van der Waals surface area (Å²) in [5, 5.41) is -0.162. The molecule has 2 rings (SSSR count). The zero-order chi connectivity index (χ0) is 15.8. The molecule has 0 unspecified atom stereocenters. The fourth-order valence-electron chi connectivity index (χ4n) is 2.55. The van der Waals surface area contributed by atoms with Crippen LogP contribution in [0.3, 0.4) is 0 Å². The summed E-state index contributed by atoms with van der Waals surface area (Å²) in [4.78, 5) is -0.173. The Bertz CT molecular complexity index is 637. The van der Waals surface area contributed by atoms with Crippen molar-refractivity contribution >= 4 is 27.3 Å². The molecule has 1 aromatic carbocycles. The van der Waals surface area contributed by atoms with Crippen molar-refractivity contribution in [2.24, 2.45) is 5.41 Å². The summed E-state index contributed by atoms with van der Waals surface area (Å²) in [6.45, 7) is 4.35. The third-order valence-electron chi connectivity index (χ3n) is 4.00. The van der Waals surface area contributed by atoms with E-state index in [1.807, 2.05) is 0 Å². The van der Waals surface area contributed by atoms with Gasteiger partial charge in [-0.2, -0.15) is 0 Å². The molecule has 1 fully saturated rings. The smallest absolute Gasteiger partial charge is 0.242 e. The highest BCUT2D eigenvalue weighted by molar-refractivity contribution is 7.89. The van der Waals surface area contributed by atoms with Gasteiger partial charge < -0.3 is 5.73 Å². The molecule has 0 saturated heterocycles. The van der Waals surface area contributed by atoms with Crippen LogP contribution >= 0.6 is 11.6 Å². The van der Waals surface area contributed by atoms with E-state index in [4.69, 9.17) is 17.3 Å². The lowest BCUT2D eigenvalue weighted by atomic mass is 9.76. The number of hydrogen-bond acceptors (Lipinski definition) is 3. The summed E-state index contributed by atoms with van der Waals surface area (Å²) < 4.78 is 40.7. The molecule has 0 atom stereocenters. The second kappa shape index (κ2) is 5.74. The molecule has 1 aliphatic rings. The number of nitrogens with one attached hydrogen (secondary N) is 1. The lowest BCUT2D eigenvalue weighted by molar-refractivity contribution is 0.218. The van der Waals surface area contributed by atoms with Crippen molar-refractivity contribution in [1.82, 2.24) is 4.72 Å². The van der Waals surface area contributed by atoms with Gasteiger partial charge >= 0.3 is 0 Å². The van der Waals surface area contributed by atoms with Gasteiger partial charge in [0.05, 0.1) is 10.7 Å². The van der Waals surface area contributed by atoms with Crippen LogP contribution in [0, 0.1) is 11.2 Å². The monoisotopic (exact) mass is 334 g/mol. The van der Waals surface area contributed by atoms with Crippen LogP contribution in [0.25, 0.3) is 0 Å². The maximum Gasteiger partial charge on any atom is 0.242 e. The second-order valence-electron chi connectivity index (χ2n) is 6.36. The summed E-state index contributed by atoms with van der Waals surface area (Å²) in [6.07, 6.45) is 3.47. The minimum absolute atomic E-state index is 0.120. The minimum Gasteiger partial charge on any atom is -0.396 e. The molecule has 0 spiro atoms. The molecule has 1 aliphatic carbocycles. The Kier molecular flexibility index (Phi) is 4.52. The minimum atomic E-state index is -3.80. The van der Waals surface area contributed by atoms with Crippen LogP contribution in [0.4, 0.5) is 10.1 Å². The first-order chi connectivity index (χ1) is 9.61. The van der Waals surface area contributed by atoms with Crippen LogP contribution in [0.1, 0.15) is 39.5 Å². The van der Waals surface area contributed by atoms with E-state index in [2.05, 4.69) is 18.6 Å². The van der Waals surface area contributed by atoms with Gasteiger partial charge in [0, 0.05) is 6.04 Å². The lowest BCUT2D eigenvalue weighted by Gasteiger charge is -2.34. The molecule has 0 aromatic heterocycles. The highest BCUT2D eigenvalue weighted by Gasteiger charge is 2.30. The Balaban J connectivity index is 2.18. The Morgan fingerprint density at radius 2 is 1.90 bits per heavy atom. The van der Waals surface area contributed by atoms with Gasteiger partial charge in [-0.05, 0) is 43.2 Å². The molecule has 0 heterocycles. The third-order valence-corrected chi connectivity index (χ3v) is 5.99. The van der Waals surface area contributed by atoms with Gasteiger partial charge in [0.2, 0.25) is 10.0 Å². The van der Waals surface area contributed by atoms with Crippen molar-refractivity contribution in [2.75, 3.05) is 5.73 Å². The van der Waals surface area contributed by atoms with Crippen LogP contribution in [0.5, 0.6) is 0 Å². The van der Waals surface area contributed by atoms with E-state index in [-0.39, 0.29) is 27.1 Å². The fraction of sp³-hybridized carbons (Fsp3) is 0.571. The standard InChI is InChI=1S/C14H20ClFN2O2S/c1-14(2)5-3-9(4-6-14)18-21(19,20)13-8-12(17)11(16)7-10(13)15/h7-9,18H,3-6,17H2,1-2H3. The number of hydrogen-bond donors (Lipinski definition) is 2.